The first-order valence-electron chi connectivity index (χ1n) is 9.85. The van der Waals surface area contributed by atoms with Crippen LogP contribution in [-0.2, 0) is 0 Å². The first-order chi connectivity index (χ1) is 14.6. The van der Waals surface area contributed by atoms with Crippen molar-refractivity contribution in [2.75, 3.05) is 20.2 Å². The van der Waals surface area contributed by atoms with Gasteiger partial charge in [-0.2, -0.15) is 5.10 Å². The fraction of sp³-hybridized carbons (Fsp3) is 0.261. The topological polar surface area (TPSA) is 64.4 Å². The Morgan fingerprint density at radius 3 is 2.50 bits per heavy atom. The number of rotatable bonds is 4. The number of likely N-dealkylation sites (tertiary alicyclic amines) is 1. The Labute approximate surface area is 179 Å². The Morgan fingerprint density at radius 1 is 1.07 bits per heavy atom. The fourth-order valence-corrected chi connectivity index (χ4v) is 3.95. The van der Waals surface area contributed by atoms with Crippen molar-refractivity contribution in [3.63, 3.8) is 0 Å². The van der Waals surface area contributed by atoms with Crippen molar-refractivity contribution in [3.8, 4) is 17.0 Å². The molecule has 0 bridgehead atoms. The van der Waals surface area contributed by atoms with Gasteiger partial charge in [0.1, 0.15) is 5.75 Å². The van der Waals surface area contributed by atoms with Gasteiger partial charge in [-0.3, -0.25) is 9.59 Å². The minimum Gasteiger partial charge on any atom is -0.496 e. The van der Waals surface area contributed by atoms with Crippen LogP contribution in [-0.4, -0.2) is 40.8 Å². The molecule has 2 aromatic carbocycles. The first-order valence-corrected chi connectivity index (χ1v) is 10.2. The van der Waals surface area contributed by atoms with Gasteiger partial charge >= 0.3 is 0 Å². The molecule has 30 heavy (non-hydrogen) atoms. The predicted octanol–water partition coefficient (Wildman–Crippen LogP) is 4.05. The number of nitrogens with zero attached hydrogens (tertiary/aromatic N) is 3. The number of hydrogen-bond donors (Lipinski definition) is 0. The maximum Gasteiger partial charge on any atom is 0.267 e. The van der Waals surface area contributed by atoms with Gasteiger partial charge in [-0.1, -0.05) is 29.8 Å². The molecule has 0 N–H and O–H groups in total. The fourth-order valence-electron chi connectivity index (χ4n) is 3.78. The minimum absolute atomic E-state index is 0.0222. The number of hydrogen-bond acceptors (Lipinski definition) is 4. The van der Waals surface area contributed by atoms with E-state index in [1.54, 1.807) is 25.3 Å². The van der Waals surface area contributed by atoms with Crippen molar-refractivity contribution in [3.05, 3.63) is 81.6 Å². The summed E-state index contributed by atoms with van der Waals surface area (Å²) in [5, 5.41) is 5.18. The lowest BCUT2D eigenvalue weighted by Crippen LogP contribution is -2.41. The van der Waals surface area contributed by atoms with E-state index in [-0.39, 0.29) is 17.5 Å². The Morgan fingerprint density at radius 2 is 1.80 bits per heavy atom. The van der Waals surface area contributed by atoms with Gasteiger partial charge in [0, 0.05) is 35.3 Å². The highest BCUT2D eigenvalue weighted by molar-refractivity contribution is 6.30. The molecular weight excluding hydrogens is 402 g/mol. The molecular formula is C23H22ClN3O3. The number of aromatic nitrogens is 2. The number of carbonyl (C=O) groups is 1. The number of piperidine rings is 1. The number of amides is 1. The molecule has 4 rings (SSSR count). The van der Waals surface area contributed by atoms with Crippen LogP contribution in [0.1, 0.15) is 29.2 Å². The van der Waals surface area contributed by atoms with E-state index in [2.05, 4.69) is 5.10 Å². The normalized spacial score (nSPS) is 14.5. The lowest BCUT2D eigenvalue weighted by molar-refractivity contribution is 0.0688. The second kappa shape index (κ2) is 8.71. The third-order valence-electron chi connectivity index (χ3n) is 5.38. The van der Waals surface area contributed by atoms with Crippen molar-refractivity contribution >= 4 is 17.5 Å². The Kier molecular flexibility index (Phi) is 5.86. The van der Waals surface area contributed by atoms with Gasteiger partial charge < -0.3 is 9.64 Å². The van der Waals surface area contributed by atoms with Crippen LogP contribution in [0.5, 0.6) is 5.75 Å². The zero-order valence-electron chi connectivity index (χ0n) is 16.6. The standard InChI is InChI=1S/C23H22ClN3O3/c1-30-21-15-17(24)7-8-19(21)20-9-10-22(28)27(25-20)18-11-13-26(14-12-18)23(29)16-5-3-2-4-6-16/h2-10,15,18H,11-14H2,1H3. The number of methoxy groups -OCH3 is 1. The van der Waals surface area contributed by atoms with Crippen molar-refractivity contribution in [1.29, 1.82) is 0 Å². The van der Waals surface area contributed by atoms with E-state index in [9.17, 15) is 9.59 Å². The van der Waals surface area contributed by atoms with Gasteiger partial charge in [0.25, 0.3) is 11.5 Å². The molecule has 6 nitrogen and oxygen atoms in total. The monoisotopic (exact) mass is 423 g/mol. The van der Waals surface area contributed by atoms with Gasteiger partial charge in [0.15, 0.2) is 0 Å². The second-order valence-corrected chi connectivity index (χ2v) is 7.67. The molecule has 1 aliphatic heterocycles. The quantitative estimate of drug-likeness (QED) is 0.635. The molecule has 0 radical (unpaired) electrons. The van der Waals surface area contributed by atoms with Crippen molar-refractivity contribution in [2.45, 2.75) is 18.9 Å². The summed E-state index contributed by atoms with van der Waals surface area (Å²) in [4.78, 5) is 27.0. The van der Waals surface area contributed by atoms with Crippen molar-refractivity contribution < 1.29 is 9.53 Å². The van der Waals surface area contributed by atoms with Crippen LogP contribution in [0.2, 0.25) is 5.02 Å². The largest absolute Gasteiger partial charge is 0.496 e. The number of carbonyl (C=O) groups excluding carboxylic acids is 1. The molecule has 154 valence electrons. The van der Waals surface area contributed by atoms with Crippen LogP contribution in [0.15, 0.2) is 65.5 Å². The summed E-state index contributed by atoms with van der Waals surface area (Å²) in [6.45, 7) is 1.17. The number of ether oxygens (including phenoxy) is 1. The molecule has 1 fully saturated rings. The molecule has 3 aromatic rings. The number of halogens is 1. The highest BCUT2D eigenvalue weighted by Gasteiger charge is 2.26. The summed E-state index contributed by atoms with van der Waals surface area (Å²) < 4.78 is 6.96. The maximum atomic E-state index is 12.7. The molecule has 1 amide bonds. The summed E-state index contributed by atoms with van der Waals surface area (Å²) in [5.41, 5.74) is 1.95. The third kappa shape index (κ3) is 4.09. The smallest absolute Gasteiger partial charge is 0.267 e. The third-order valence-corrected chi connectivity index (χ3v) is 5.62. The molecule has 0 atom stereocenters. The van der Waals surface area contributed by atoms with E-state index >= 15 is 0 Å². The molecule has 1 saturated heterocycles. The van der Waals surface area contributed by atoms with Crippen LogP contribution in [0, 0.1) is 0 Å². The van der Waals surface area contributed by atoms with E-state index in [1.807, 2.05) is 41.3 Å². The van der Waals surface area contributed by atoms with Gasteiger partial charge in [-0.05, 0) is 49.2 Å². The van der Waals surface area contributed by atoms with E-state index in [0.29, 0.717) is 48.0 Å². The van der Waals surface area contributed by atoms with E-state index in [4.69, 9.17) is 16.3 Å². The Balaban J connectivity index is 1.54. The summed E-state index contributed by atoms with van der Waals surface area (Å²) >= 11 is 6.06. The molecule has 0 spiro atoms. The average molecular weight is 424 g/mol. The molecule has 0 saturated carbocycles. The molecule has 1 aromatic heterocycles. The summed E-state index contributed by atoms with van der Waals surface area (Å²) in [6, 6.07) is 17.7. The average Bonchev–Trinajstić information content (AvgIpc) is 2.79. The van der Waals surface area contributed by atoms with Gasteiger partial charge in [-0.15, -0.1) is 0 Å². The Bertz CT molecular complexity index is 1110. The summed E-state index contributed by atoms with van der Waals surface area (Å²) in [7, 11) is 1.57. The molecule has 2 heterocycles. The van der Waals surface area contributed by atoms with Crippen LogP contribution in [0.4, 0.5) is 0 Å². The zero-order chi connectivity index (χ0) is 21.1. The zero-order valence-corrected chi connectivity index (χ0v) is 17.4. The van der Waals surface area contributed by atoms with Crippen LogP contribution in [0.25, 0.3) is 11.3 Å². The van der Waals surface area contributed by atoms with Crippen LogP contribution < -0.4 is 10.3 Å². The molecule has 0 aliphatic carbocycles. The minimum atomic E-state index is -0.153. The highest BCUT2D eigenvalue weighted by atomic mass is 35.5. The van der Waals surface area contributed by atoms with Crippen molar-refractivity contribution in [2.24, 2.45) is 0 Å². The molecule has 7 heteroatoms. The number of benzene rings is 2. The second-order valence-electron chi connectivity index (χ2n) is 7.24. The van der Waals surface area contributed by atoms with Gasteiger partial charge in [-0.25, -0.2) is 4.68 Å². The SMILES string of the molecule is COc1cc(Cl)ccc1-c1ccc(=O)n(C2CCN(C(=O)c3ccccc3)CC2)n1. The van der Waals surface area contributed by atoms with Gasteiger partial charge in [0.05, 0.1) is 18.8 Å². The Hall–Kier alpha value is -3.12. The van der Waals surface area contributed by atoms with E-state index in [0.717, 1.165) is 5.56 Å². The lowest BCUT2D eigenvalue weighted by atomic mass is 10.0. The van der Waals surface area contributed by atoms with Gasteiger partial charge in [0.2, 0.25) is 0 Å². The van der Waals surface area contributed by atoms with Crippen LogP contribution >= 0.6 is 11.6 Å². The summed E-state index contributed by atoms with van der Waals surface area (Å²) in [6.07, 6.45) is 1.35. The predicted molar refractivity (Wildman–Crippen MR) is 116 cm³/mol. The molecule has 0 unspecified atom stereocenters. The van der Waals surface area contributed by atoms with E-state index in [1.165, 1.54) is 10.7 Å². The summed E-state index contributed by atoms with van der Waals surface area (Å²) in [5.74, 6) is 0.623. The van der Waals surface area contributed by atoms with Crippen LogP contribution in [0.3, 0.4) is 0 Å². The van der Waals surface area contributed by atoms with Crippen molar-refractivity contribution in [1.82, 2.24) is 14.7 Å². The lowest BCUT2D eigenvalue weighted by Gasteiger charge is -2.32. The maximum absolute atomic E-state index is 12.7. The van der Waals surface area contributed by atoms with E-state index < -0.39 is 0 Å². The highest BCUT2D eigenvalue weighted by Crippen LogP contribution is 2.31. The molecule has 1 aliphatic rings. The first kappa shape index (κ1) is 20.2.